The van der Waals surface area contributed by atoms with Crippen molar-refractivity contribution in [1.29, 1.82) is 0 Å². The number of hydrogen-bond donors (Lipinski definition) is 1. The summed E-state index contributed by atoms with van der Waals surface area (Å²) < 4.78 is 13.3. The molecule has 2 rings (SSSR count). The summed E-state index contributed by atoms with van der Waals surface area (Å²) in [6.45, 7) is 4.21. The predicted octanol–water partition coefficient (Wildman–Crippen LogP) is 2.64. The Morgan fingerprint density at radius 3 is 2.82 bits per heavy atom. The molecule has 1 aromatic carbocycles. The van der Waals surface area contributed by atoms with Crippen molar-refractivity contribution in [2.45, 2.75) is 25.7 Å². The molecule has 1 aliphatic carbocycles. The summed E-state index contributed by atoms with van der Waals surface area (Å²) in [4.78, 5) is 11.4. The van der Waals surface area contributed by atoms with Crippen LogP contribution in [-0.4, -0.2) is 13.0 Å². The van der Waals surface area contributed by atoms with Gasteiger partial charge in [-0.05, 0) is 40.7 Å². The first-order chi connectivity index (χ1) is 7.94. The van der Waals surface area contributed by atoms with Gasteiger partial charge >= 0.3 is 0 Å². The highest BCUT2D eigenvalue weighted by Crippen LogP contribution is 2.45. The van der Waals surface area contributed by atoms with Crippen LogP contribution in [0.2, 0.25) is 0 Å². The van der Waals surface area contributed by atoms with E-state index in [0.29, 0.717) is 0 Å². The highest BCUT2D eigenvalue weighted by Gasteiger charge is 2.33. The average Bonchev–Trinajstić information content (AvgIpc) is 2.50. The van der Waals surface area contributed by atoms with Gasteiger partial charge in [0.15, 0.2) is 0 Å². The number of allylic oxidation sites excluding steroid dienone is 1. The molecule has 90 valence electrons. The Morgan fingerprint density at radius 2 is 2.18 bits per heavy atom. The second-order valence-electron chi connectivity index (χ2n) is 5.03. The van der Waals surface area contributed by atoms with E-state index in [9.17, 15) is 9.18 Å². The van der Waals surface area contributed by atoms with Crippen molar-refractivity contribution < 1.29 is 9.18 Å². The van der Waals surface area contributed by atoms with Crippen LogP contribution in [0, 0.1) is 5.82 Å². The number of fused-ring (bicyclic) bond motifs is 1. The van der Waals surface area contributed by atoms with Crippen LogP contribution in [0.25, 0.3) is 5.57 Å². The molecular weight excluding hydrogens is 217 g/mol. The molecule has 3 heteroatoms. The van der Waals surface area contributed by atoms with Crippen LogP contribution in [0.1, 0.15) is 31.4 Å². The van der Waals surface area contributed by atoms with Crippen molar-refractivity contribution in [3.05, 3.63) is 41.2 Å². The fraction of sp³-hybridized carbons (Fsp3) is 0.357. The molecule has 2 nitrogen and oxygen atoms in total. The number of halogens is 1. The molecule has 0 fully saturated rings. The fourth-order valence-corrected chi connectivity index (χ4v) is 2.40. The summed E-state index contributed by atoms with van der Waals surface area (Å²) in [5.41, 5.74) is 2.83. The first kappa shape index (κ1) is 11.8. The summed E-state index contributed by atoms with van der Waals surface area (Å²) >= 11 is 0. The molecule has 0 aliphatic heterocycles. The van der Waals surface area contributed by atoms with E-state index in [4.69, 9.17) is 0 Å². The van der Waals surface area contributed by atoms with Gasteiger partial charge in [0.2, 0.25) is 5.91 Å². The number of amides is 1. The number of rotatable bonds is 1. The quantitative estimate of drug-likeness (QED) is 0.742. The van der Waals surface area contributed by atoms with Crippen molar-refractivity contribution in [3.8, 4) is 0 Å². The van der Waals surface area contributed by atoms with Crippen molar-refractivity contribution in [1.82, 2.24) is 5.32 Å². The number of carbonyl (C=O) groups is 1. The highest BCUT2D eigenvalue weighted by atomic mass is 19.1. The molecule has 1 aliphatic rings. The van der Waals surface area contributed by atoms with E-state index in [1.54, 1.807) is 13.1 Å². The lowest BCUT2D eigenvalue weighted by atomic mass is 9.86. The largest absolute Gasteiger partial charge is 0.356 e. The summed E-state index contributed by atoms with van der Waals surface area (Å²) in [6.07, 6.45) is 2.33. The molecule has 0 unspecified atom stereocenters. The second-order valence-corrected chi connectivity index (χ2v) is 5.03. The molecule has 1 amide bonds. The third-order valence-electron chi connectivity index (χ3n) is 3.24. The molecule has 1 N–H and O–H groups in total. The number of carbonyl (C=O) groups excluding carboxylic acids is 1. The third kappa shape index (κ3) is 2.09. The van der Waals surface area contributed by atoms with Gasteiger partial charge in [-0.2, -0.15) is 0 Å². The van der Waals surface area contributed by atoms with Gasteiger partial charge in [-0.15, -0.1) is 0 Å². The molecule has 0 saturated carbocycles. The average molecular weight is 233 g/mol. The number of nitrogens with one attached hydrogen (secondary N) is 1. The van der Waals surface area contributed by atoms with Gasteiger partial charge in [0.1, 0.15) is 5.82 Å². The van der Waals surface area contributed by atoms with E-state index in [-0.39, 0.29) is 17.1 Å². The highest BCUT2D eigenvalue weighted by molar-refractivity contribution is 5.96. The van der Waals surface area contributed by atoms with E-state index in [1.807, 2.05) is 6.07 Å². The lowest BCUT2D eigenvalue weighted by Crippen LogP contribution is -2.15. The van der Waals surface area contributed by atoms with Gasteiger partial charge in [-0.25, -0.2) is 4.39 Å². The molecule has 17 heavy (non-hydrogen) atoms. The minimum absolute atomic E-state index is 0.0388. The standard InChI is InChI=1S/C14H16FNO/c1-14(2)8-9(6-13(17)16-3)11-7-10(15)4-5-12(11)14/h4-7H,8H2,1-3H3,(H,16,17)/b9-6-. The topological polar surface area (TPSA) is 29.1 Å². The lowest BCUT2D eigenvalue weighted by molar-refractivity contribution is -0.116. The van der Waals surface area contributed by atoms with Crippen molar-refractivity contribution in [2.24, 2.45) is 0 Å². The van der Waals surface area contributed by atoms with Gasteiger partial charge in [0, 0.05) is 13.1 Å². The van der Waals surface area contributed by atoms with Crippen molar-refractivity contribution in [2.75, 3.05) is 7.05 Å². The number of hydrogen-bond acceptors (Lipinski definition) is 1. The Balaban J connectivity index is 2.53. The van der Waals surface area contributed by atoms with Crippen molar-refractivity contribution >= 4 is 11.5 Å². The number of likely N-dealkylation sites (N-methyl/N-ethyl adjacent to an activating group) is 1. The van der Waals surface area contributed by atoms with Gasteiger partial charge in [-0.1, -0.05) is 19.9 Å². The molecule has 0 heterocycles. The van der Waals surface area contributed by atoms with E-state index < -0.39 is 0 Å². The summed E-state index contributed by atoms with van der Waals surface area (Å²) in [5.74, 6) is -0.405. The maximum atomic E-state index is 13.3. The van der Waals surface area contributed by atoms with Gasteiger partial charge < -0.3 is 5.32 Å². The van der Waals surface area contributed by atoms with Crippen LogP contribution in [0.4, 0.5) is 4.39 Å². The predicted molar refractivity (Wildman–Crippen MR) is 66.1 cm³/mol. The third-order valence-corrected chi connectivity index (χ3v) is 3.24. The van der Waals surface area contributed by atoms with Gasteiger partial charge in [0.25, 0.3) is 0 Å². The molecule has 0 aromatic heterocycles. The Bertz CT molecular complexity index is 503. The summed E-state index contributed by atoms with van der Waals surface area (Å²) in [6, 6.07) is 4.80. The smallest absolute Gasteiger partial charge is 0.244 e. The summed E-state index contributed by atoms with van der Waals surface area (Å²) in [7, 11) is 1.59. The minimum Gasteiger partial charge on any atom is -0.356 e. The molecule has 0 atom stereocenters. The van der Waals surface area contributed by atoms with Crippen molar-refractivity contribution in [3.63, 3.8) is 0 Å². The fourth-order valence-electron chi connectivity index (χ4n) is 2.40. The molecule has 0 saturated heterocycles. The monoisotopic (exact) mass is 233 g/mol. The first-order valence-electron chi connectivity index (χ1n) is 5.67. The Hall–Kier alpha value is -1.64. The first-order valence-corrected chi connectivity index (χ1v) is 5.67. The van der Waals surface area contributed by atoms with Gasteiger partial charge in [0.05, 0.1) is 0 Å². The number of benzene rings is 1. The van der Waals surface area contributed by atoms with Crippen LogP contribution in [-0.2, 0) is 10.2 Å². The van der Waals surface area contributed by atoms with E-state index in [0.717, 1.165) is 23.1 Å². The Morgan fingerprint density at radius 1 is 1.47 bits per heavy atom. The zero-order valence-electron chi connectivity index (χ0n) is 10.3. The van der Waals surface area contributed by atoms with E-state index in [1.165, 1.54) is 12.1 Å². The Labute approximate surface area is 101 Å². The van der Waals surface area contributed by atoms with Crippen LogP contribution < -0.4 is 5.32 Å². The van der Waals surface area contributed by atoms with Gasteiger partial charge in [-0.3, -0.25) is 4.79 Å². The zero-order valence-corrected chi connectivity index (χ0v) is 10.3. The SMILES string of the molecule is CNC(=O)/C=C1/CC(C)(C)c2ccc(F)cc21. The minimum atomic E-state index is -0.260. The van der Waals surface area contributed by atoms with Crippen LogP contribution in [0.3, 0.4) is 0 Å². The maximum absolute atomic E-state index is 13.3. The molecule has 0 spiro atoms. The maximum Gasteiger partial charge on any atom is 0.244 e. The zero-order chi connectivity index (χ0) is 12.6. The second kappa shape index (κ2) is 3.99. The van der Waals surface area contributed by atoms with Crippen LogP contribution in [0.15, 0.2) is 24.3 Å². The summed E-state index contributed by atoms with van der Waals surface area (Å²) in [5, 5.41) is 2.56. The van der Waals surface area contributed by atoms with Crippen LogP contribution in [0.5, 0.6) is 0 Å². The van der Waals surface area contributed by atoms with E-state index in [2.05, 4.69) is 19.2 Å². The molecule has 1 aromatic rings. The molecule has 0 radical (unpaired) electrons. The lowest BCUT2D eigenvalue weighted by Gasteiger charge is -2.17. The van der Waals surface area contributed by atoms with Crippen LogP contribution >= 0.6 is 0 Å². The molecule has 0 bridgehead atoms. The van der Waals surface area contributed by atoms with E-state index >= 15 is 0 Å². The Kier molecular flexibility index (Phi) is 2.77. The molecular formula is C14H16FNO. The normalized spacial score (nSPS) is 19.2.